The number of aliphatic carboxylic acids is 1. The lowest BCUT2D eigenvalue weighted by Gasteiger charge is -2.18. The van der Waals surface area contributed by atoms with Crippen LogP contribution in [0.4, 0.5) is 0 Å². The number of benzene rings is 2. The van der Waals surface area contributed by atoms with Crippen LogP contribution in [0.15, 0.2) is 65.5 Å². The minimum atomic E-state index is -1.14. The monoisotopic (exact) mass is 405 g/mol. The van der Waals surface area contributed by atoms with E-state index in [1.54, 1.807) is 24.3 Å². The molecule has 2 N–H and O–H groups in total. The highest BCUT2D eigenvalue weighted by Crippen LogP contribution is 2.31. The number of hydrogen-bond acceptors (Lipinski definition) is 4. The zero-order valence-corrected chi connectivity index (χ0v) is 16.8. The summed E-state index contributed by atoms with van der Waals surface area (Å²) in [7, 11) is 1.47. The summed E-state index contributed by atoms with van der Waals surface area (Å²) in [5, 5.41) is 16.4. The fraction of sp³-hybridized carbons (Fsp3) is 0.217. The molecule has 3 rings (SSSR count). The number of carbonyl (C=O) groups excluding carboxylic acids is 1. The van der Waals surface area contributed by atoms with E-state index >= 15 is 0 Å². The van der Waals surface area contributed by atoms with Gasteiger partial charge in [-0.15, -0.1) is 0 Å². The predicted octanol–water partition coefficient (Wildman–Crippen LogP) is 3.10. The number of hydrogen-bond donors (Lipinski definition) is 2. The zero-order chi connectivity index (χ0) is 21.7. The maximum Gasteiger partial charge on any atom is 0.326 e. The van der Waals surface area contributed by atoms with Gasteiger partial charge in [0.1, 0.15) is 11.6 Å². The van der Waals surface area contributed by atoms with E-state index in [4.69, 9.17) is 0 Å². The van der Waals surface area contributed by atoms with Crippen LogP contribution >= 0.6 is 0 Å². The third kappa shape index (κ3) is 4.30. The number of nitrogens with one attached hydrogen (secondary N) is 1. The van der Waals surface area contributed by atoms with Crippen LogP contribution in [0.25, 0.3) is 22.4 Å². The first kappa shape index (κ1) is 21.0. The van der Waals surface area contributed by atoms with Crippen molar-refractivity contribution in [3.05, 3.63) is 76.6 Å². The first-order valence-electron chi connectivity index (χ1n) is 9.69. The van der Waals surface area contributed by atoms with Crippen molar-refractivity contribution in [3.8, 4) is 22.4 Å². The lowest BCUT2D eigenvalue weighted by atomic mass is 9.95. The number of nitrogens with zero attached hydrogens (tertiary/aromatic N) is 2. The van der Waals surface area contributed by atoms with E-state index in [9.17, 15) is 19.5 Å². The summed E-state index contributed by atoms with van der Waals surface area (Å²) < 4.78 is 1.11. The Morgan fingerprint density at radius 2 is 1.60 bits per heavy atom. The summed E-state index contributed by atoms with van der Waals surface area (Å²) >= 11 is 0. The van der Waals surface area contributed by atoms with Gasteiger partial charge in [0.05, 0.1) is 5.69 Å². The summed E-state index contributed by atoms with van der Waals surface area (Å²) in [6.07, 6.45) is 0.838. The highest BCUT2D eigenvalue weighted by atomic mass is 16.4. The molecule has 1 amide bonds. The number of carboxylic acid groups (broad SMARTS) is 1. The largest absolute Gasteiger partial charge is 0.480 e. The second-order valence-corrected chi connectivity index (χ2v) is 6.91. The van der Waals surface area contributed by atoms with Gasteiger partial charge in [0.15, 0.2) is 0 Å². The van der Waals surface area contributed by atoms with Gasteiger partial charge < -0.3 is 10.4 Å². The molecule has 0 aliphatic heterocycles. The Hall–Kier alpha value is -3.74. The molecule has 7 heteroatoms. The van der Waals surface area contributed by atoms with Gasteiger partial charge in [-0.2, -0.15) is 5.10 Å². The summed E-state index contributed by atoms with van der Waals surface area (Å²) in [6.45, 7) is 1.83. The summed E-state index contributed by atoms with van der Waals surface area (Å²) in [5.74, 6) is -1.87. The Balaban J connectivity index is 2.26. The van der Waals surface area contributed by atoms with E-state index in [0.29, 0.717) is 23.2 Å². The number of rotatable bonds is 7. The van der Waals surface area contributed by atoms with Crippen molar-refractivity contribution in [1.82, 2.24) is 15.1 Å². The van der Waals surface area contributed by atoms with Crippen molar-refractivity contribution in [2.24, 2.45) is 7.05 Å². The van der Waals surface area contributed by atoms with Crippen molar-refractivity contribution in [3.63, 3.8) is 0 Å². The molecule has 1 aromatic heterocycles. The topological polar surface area (TPSA) is 101 Å². The molecule has 0 spiro atoms. The minimum Gasteiger partial charge on any atom is -0.480 e. The van der Waals surface area contributed by atoms with Crippen molar-refractivity contribution in [2.75, 3.05) is 0 Å². The van der Waals surface area contributed by atoms with Crippen molar-refractivity contribution < 1.29 is 14.7 Å². The molecule has 0 saturated heterocycles. The van der Waals surface area contributed by atoms with Gasteiger partial charge in [0.25, 0.3) is 11.5 Å². The van der Waals surface area contributed by atoms with E-state index in [1.807, 2.05) is 43.3 Å². The first-order valence-corrected chi connectivity index (χ1v) is 9.69. The number of aryl methyl sites for hydroxylation is 1. The number of carboxylic acids is 1. The van der Waals surface area contributed by atoms with Crippen molar-refractivity contribution in [1.29, 1.82) is 0 Å². The second-order valence-electron chi connectivity index (χ2n) is 6.91. The summed E-state index contributed by atoms with van der Waals surface area (Å²) in [5.41, 5.74) is 1.52. The molecule has 0 bridgehead atoms. The van der Waals surface area contributed by atoms with Gasteiger partial charge in [-0.05, 0) is 12.0 Å². The number of amides is 1. The van der Waals surface area contributed by atoms with Crippen LogP contribution in [0.1, 0.15) is 30.1 Å². The quantitative estimate of drug-likeness (QED) is 0.629. The summed E-state index contributed by atoms with van der Waals surface area (Å²) in [4.78, 5) is 37.7. The molecule has 0 aliphatic carbocycles. The van der Waals surface area contributed by atoms with Crippen molar-refractivity contribution in [2.45, 2.75) is 25.8 Å². The van der Waals surface area contributed by atoms with E-state index in [1.165, 1.54) is 7.05 Å². The molecule has 3 aromatic rings. The maximum atomic E-state index is 13.2. The van der Waals surface area contributed by atoms with Crippen LogP contribution in [0.3, 0.4) is 0 Å². The van der Waals surface area contributed by atoms with E-state index in [2.05, 4.69) is 10.4 Å². The highest BCUT2D eigenvalue weighted by molar-refractivity contribution is 6.04. The van der Waals surface area contributed by atoms with Crippen LogP contribution in [-0.4, -0.2) is 32.8 Å². The van der Waals surface area contributed by atoms with Crippen LogP contribution < -0.4 is 10.9 Å². The first-order chi connectivity index (χ1) is 14.4. The molecule has 1 heterocycles. The Labute approximate surface area is 174 Å². The van der Waals surface area contributed by atoms with Gasteiger partial charge in [-0.1, -0.05) is 74.0 Å². The molecule has 0 saturated carbocycles. The molecule has 2 aromatic carbocycles. The van der Waals surface area contributed by atoms with Crippen LogP contribution in [0.5, 0.6) is 0 Å². The Morgan fingerprint density at radius 3 is 2.13 bits per heavy atom. The van der Waals surface area contributed by atoms with Gasteiger partial charge in [-0.3, -0.25) is 9.59 Å². The lowest BCUT2D eigenvalue weighted by Crippen LogP contribution is -2.43. The Kier molecular flexibility index (Phi) is 6.41. The van der Waals surface area contributed by atoms with Crippen LogP contribution in [0, 0.1) is 0 Å². The normalized spacial score (nSPS) is 11.7. The van der Waals surface area contributed by atoms with Gasteiger partial charge in [-0.25, -0.2) is 9.48 Å². The van der Waals surface area contributed by atoms with Crippen LogP contribution in [0.2, 0.25) is 0 Å². The van der Waals surface area contributed by atoms with Gasteiger partial charge in [0, 0.05) is 18.2 Å². The molecular formula is C23H23N3O4. The third-order valence-corrected chi connectivity index (χ3v) is 4.76. The average molecular weight is 405 g/mol. The molecule has 0 radical (unpaired) electrons. The SMILES string of the molecule is CCCC(NC(=O)c1c(-c2ccccc2)c(-c2ccccc2)nn(C)c1=O)C(=O)O. The Bertz CT molecular complexity index is 1110. The Morgan fingerprint density at radius 1 is 1.03 bits per heavy atom. The summed E-state index contributed by atoms with van der Waals surface area (Å²) in [6, 6.07) is 17.2. The molecule has 0 aliphatic rings. The van der Waals surface area contributed by atoms with Crippen LogP contribution in [-0.2, 0) is 11.8 Å². The second kappa shape index (κ2) is 9.17. The molecule has 30 heavy (non-hydrogen) atoms. The zero-order valence-electron chi connectivity index (χ0n) is 16.8. The number of aromatic nitrogens is 2. The molecule has 0 fully saturated rings. The van der Waals surface area contributed by atoms with Gasteiger partial charge in [0.2, 0.25) is 0 Å². The van der Waals surface area contributed by atoms with E-state index in [0.717, 1.165) is 10.2 Å². The molecule has 1 unspecified atom stereocenters. The maximum absolute atomic E-state index is 13.2. The molecular weight excluding hydrogens is 382 g/mol. The van der Waals surface area contributed by atoms with E-state index in [-0.39, 0.29) is 12.0 Å². The van der Waals surface area contributed by atoms with E-state index < -0.39 is 23.5 Å². The molecule has 154 valence electrons. The van der Waals surface area contributed by atoms with Gasteiger partial charge >= 0.3 is 5.97 Å². The fourth-order valence-electron chi connectivity index (χ4n) is 3.30. The lowest BCUT2D eigenvalue weighted by molar-refractivity contribution is -0.139. The highest BCUT2D eigenvalue weighted by Gasteiger charge is 2.27. The predicted molar refractivity (Wildman–Crippen MR) is 114 cm³/mol. The van der Waals surface area contributed by atoms with Crippen molar-refractivity contribution >= 4 is 11.9 Å². The molecule has 7 nitrogen and oxygen atoms in total. The minimum absolute atomic E-state index is 0.125. The number of carbonyl (C=O) groups is 2. The average Bonchev–Trinajstić information content (AvgIpc) is 2.75. The fourth-order valence-corrected chi connectivity index (χ4v) is 3.30. The standard InChI is InChI=1S/C23H23N3O4/c1-3-10-17(23(29)30)24-21(27)19-18(15-11-6-4-7-12-15)20(25-26(2)22(19)28)16-13-8-5-9-14-16/h4-9,11-14,17H,3,10H2,1-2H3,(H,24,27)(H,29,30). The smallest absolute Gasteiger partial charge is 0.326 e. The third-order valence-electron chi connectivity index (χ3n) is 4.76. The molecule has 1 atom stereocenters.